The minimum absolute atomic E-state index is 0. The standard InChI is InChI=1S/C16H16N2O7.ClH/c1-11(19)24-14-6-4-3-5-13(14)15(20)25-16(2)8-7-12(9-17-16)10-23-18(21)22;/h3-9,17H,10H2,1-2H3;1H. The Morgan fingerprint density at radius 2 is 2.00 bits per heavy atom. The number of hydrogen-bond donors (Lipinski definition) is 1. The third kappa shape index (κ3) is 5.78. The van der Waals surface area contributed by atoms with Crippen molar-refractivity contribution in [2.75, 3.05) is 6.61 Å². The molecule has 0 saturated carbocycles. The number of benzene rings is 1. The molecule has 0 radical (unpaired) electrons. The number of ether oxygens (including phenoxy) is 2. The van der Waals surface area contributed by atoms with Crippen LogP contribution in [0.25, 0.3) is 0 Å². The summed E-state index contributed by atoms with van der Waals surface area (Å²) in [5.74, 6) is -1.16. The Bertz CT molecular complexity index is 763. The fourth-order valence-corrected chi connectivity index (χ4v) is 2.01. The number of carbonyl (C=O) groups excluding carboxylic acids is 2. The van der Waals surface area contributed by atoms with Crippen molar-refractivity contribution in [3.8, 4) is 5.75 Å². The van der Waals surface area contributed by atoms with Crippen molar-refractivity contribution in [1.29, 1.82) is 0 Å². The van der Waals surface area contributed by atoms with Gasteiger partial charge >= 0.3 is 11.9 Å². The van der Waals surface area contributed by atoms with Crippen LogP contribution in [0.4, 0.5) is 0 Å². The van der Waals surface area contributed by atoms with Crippen molar-refractivity contribution >= 4 is 24.3 Å². The molecule has 9 nitrogen and oxygen atoms in total. The highest BCUT2D eigenvalue weighted by Crippen LogP contribution is 2.23. The van der Waals surface area contributed by atoms with Crippen LogP contribution in [0, 0.1) is 10.1 Å². The molecule has 1 aliphatic rings. The normalized spacial score (nSPS) is 17.8. The Kier molecular flexibility index (Phi) is 7.15. The van der Waals surface area contributed by atoms with Crippen molar-refractivity contribution in [3.63, 3.8) is 0 Å². The minimum atomic E-state index is -1.17. The lowest BCUT2D eigenvalue weighted by molar-refractivity contribution is -0.755. The molecule has 1 atom stereocenters. The van der Waals surface area contributed by atoms with Gasteiger partial charge in [0.2, 0.25) is 5.72 Å². The van der Waals surface area contributed by atoms with Crippen LogP contribution in [-0.2, 0) is 14.4 Å². The molecule has 0 bridgehead atoms. The number of nitrogens with one attached hydrogen (secondary N) is 1. The second-order valence-electron chi connectivity index (χ2n) is 5.28. The first-order valence-corrected chi connectivity index (χ1v) is 7.23. The lowest BCUT2D eigenvalue weighted by Crippen LogP contribution is -2.43. The lowest BCUT2D eigenvalue weighted by Gasteiger charge is -2.29. The van der Waals surface area contributed by atoms with E-state index in [2.05, 4.69) is 10.2 Å². The van der Waals surface area contributed by atoms with E-state index in [1.54, 1.807) is 25.1 Å². The summed E-state index contributed by atoms with van der Waals surface area (Å²) in [5, 5.41) is 12.1. The van der Waals surface area contributed by atoms with E-state index in [0.717, 1.165) is 0 Å². The first kappa shape index (κ1) is 21.0. The summed E-state index contributed by atoms with van der Waals surface area (Å²) in [5.41, 5.74) is -0.565. The summed E-state index contributed by atoms with van der Waals surface area (Å²) in [7, 11) is 0. The van der Waals surface area contributed by atoms with Crippen molar-refractivity contribution in [3.05, 3.63) is 63.9 Å². The SMILES string of the molecule is CC(=O)Oc1ccccc1C(=O)OC1(C)C=CC(CO[N+](=O)[O-])=CN1.Cl. The monoisotopic (exact) mass is 384 g/mol. The lowest BCUT2D eigenvalue weighted by atomic mass is 10.1. The molecule has 1 aromatic rings. The van der Waals surface area contributed by atoms with Crippen LogP contribution in [-0.4, -0.2) is 29.4 Å². The molecule has 1 unspecified atom stereocenters. The molecule has 0 amide bonds. The molecule has 0 saturated heterocycles. The van der Waals surface area contributed by atoms with Gasteiger partial charge in [0.05, 0.1) is 0 Å². The summed E-state index contributed by atoms with van der Waals surface area (Å²) < 4.78 is 10.4. The number of rotatable bonds is 6. The number of nitrogens with zero attached hydrogens (tertiary/aromatic N) is 1. The zero-order chi connectivity index (χ0) is 18.4. The molecule has 1 aromatic carbocycles. The summed E-state index contributed by atoms with van der Waals surface area (Å²) >= 11 is 0. The van der Waals surface area contributed by atoms with Crippen molar-refractivity contribution < 1.29 is 29.0 Å². The number of hydrogen-bond acceptors (Lipinski definition) is 8. The maximum absolute atomic E-state index is 12.4. The Labute approximate surface area is 155 Å². The predicted octanol–water partition coefficient (Wildman–Crippen LogP) is 2.16. The molecule has 0 fully saturated rings. The van der Waals surface area contributed by atoms with Gasteiger partial charge in [-0.1, -0.05) is 18.2 Å². The van der Waals surface area contributed by atoms with Gasteiger partial charge in [-0.2, -0.15) is 0 Å². The smallest absolute Gasteiger partial charge is 0.344 e. The molecule has 0 spiro atoms. The van der Waals surface area contributed by atoms with Gasteiger partial charge in [0, 0.05) is 13.1 Å². The van der Waals surface area contributed by atoms with E-state index in [0.29, 0.717) is 5.57 Å². The molecular formula is C16H17ClN2O7. The van der Waals surface area contributed by atoms with Gasteiger partial charge in [-0.15, -0.1) is 22.5 Å². The van der Waals surface area contributed by atoms with E-state index >= 15 is 0 Å². The number of esters is 2. The molecule has 2 rings (SSSR count). The average molecular weight is 385 g/mol. The molecule has 140 valence electrons. The van der Waals surface area contributed by atoms with Crippen molar-refractivity contribution in [2.45, 2.75) is 19.6 Å². The van der Waals surface area contributed by atoms with Crippen LogP contribution in [0.15, 0.2) is 48.2 Å². The Morgan fingerprint density at radius 1 is 1.31 bits per heavy atom. The Balaban J connectivity index is 0.00000338. The van der Waals surface area contributed by atoms with Gasteiger partial charge < -0.3 is 19.6 Å². The Hall–Kier alpha value is -3.07. The van der Waals surface area contributed by atoms with Crippen LogP contribution in [0.1, 0.15) is 24.2 Å². The van der Waals surface area contributed by atoms with Gasteiger partial charge in [-0.3, -0.25) is 4.79 Å². The molecule has 1 N–H and O–H groups in total. The van der Waals surface area contributed by atoms with Gasteiger partial charge in [0.1, 0.15) is 17.9 Å². The van der Waals surface area contributed by atoms with E-state index in [9.17, 15) is 19.7 Å². The molecule has 26 heavy (non-hydrogen) atoms. The minimum Gasteiger partial charge on any atom is -0.432 e. The highest BCUT2D eigenvalue weighted by atomic mass is 35.5. The van der Waals surface area contributed by atoms with Crippen LogP contribution < -0.4 is 10.1 Å². The predicted molar refractivity (Wildman–Crippen MR) is 92.1 cm³/mol. The maximum atomic E-state index is 12.4. The van der Waals surface area contributed by atoms with E-state index < -0.39 is 22.8 Å². The third-order valence-electron chi connectivity index (χ3n) is 3.16. The fourth-order valence-electron chi connectivity index (χ4n) is 2.01. The summed E-state index contributed by atoms with van der Waals surface area (Å²) in [6.45, 7) is 2.60. The zero-order valence-corrected chi connectivity index (χ0v) is 14.8. The second kappa shape index (κ2) is 8.86. The highest BCUT2D eigenvalue weighted by molar-refractivity contribution is 5.93. The number of para-hydroxylation sites is 1. The molecule has 0 aliphatic carbocycles. The molecule has 0 aromatic heterocycles. The summed E-state index contributed by atoms with van der Waals surface area (Å²) in [4.78, 5) is 38.0. The Morgan fingerprint density at radius 3 is 2.58 bits per heavy atom. The van der Waals surface area contributed by atoms with E-state index in [-0.39, 0.29) is 30.3 Å². The van der Waals surface area contributed by atoms with Gasteiger partial charge in [0.15, 0.2) is 0 Å². The fraction of sp³-hybridized carbons (Fsp3) is 0.250. The molecule has 1 aliphatic heterocycles. The largest absolute Gasteiger partial charge is 0.432 e. The zero-order valence-electron chi connectivity index (χ0n) is 14.0. The molecule has 1 heterocycles. The molecule has 10 heteroatoms. The third-order valence-corrected chi connectivity index (χ3v) is 3.16. The van der Waals surface area contributed by atoms with Gasteiger partial charge in [0.25, 0.3) is 5.09 Å². The first-order valence-electron chi connectivity index (χ1n) is 7.23. The average Bonchev–Trinajstić information content (AvgIpc) is 2.54. The van der Waals surface area contributed by atoms with E-state index in [1.807, 2.05) is 0 Å². The van der Waals surface area contributed by atoms with Crippen LogP contribution in [0.3, 0.4) is 0 Å². The second-order valence-corrected chi connectivity index (χ2v) is 5.28. The van der Waals surface area contributed by atoms with Gasteiger partial charge in [-0.25, -0.2) is 4.79 Å². The highest BCUT2D eigenvalue weighted by Gasteiger charge is 2.28. The summed E-state index contributed by atoms with van der Waals surface area (Å²) in [6, 6.07) is 6.20. The maximum Gasteiger partial charge on any atom is 0.344 e. The quantitative estimate of drug-likeness (QED) is 0.343. The van der Waals surface area contributed by atoms with Crippen molar-refractivity contribution in [2.24, 2.45) is 0 Å². The topological polar surface area (TPSA) is 117 Å². The van der Waals surface area contributed by atoms with Crippen LogP contribution in [0.2, 0.25) is 0 Å². The van der Waals surface area contributed by atoms with Crippen LogP contribution >= 0.6 is 12.4 Å². The van der Waals surface area contributed by atoms with E-state index in [4.69, 9.17) is 9.47 Å². The number of dihydropyridines is 1. The van der Waals surface area contributed by atoms with Gasteiger partial charge in [-0.05, 0) is 30.7 Å². The number of halogens is 1. The number of carbonyl (C=O) groups is 2. The van der Waals surface area contributed by atoms with Crippen LogP contribution in [0.5, 0.6) is 5.75 Å². The first-order chi connectivity index (χ1) is 11.8. The summed E-state index contributed by atoms with van der Waals surface area (Å²) in [6.07, 6.45) is 4.53. The molecular weight excluding hydrogens is 368 g/mol. The van der Waals surface area contributed by atoms with E-state index in [1.165, 1.54) is 31.3 Å². The van der Waals surface area contributed by atoms with Crippen molar-refractivity contribution in [1.82, 2.24) is 5.32 Å².